The Bertz CT molecular complexity index is 1390. The van der Waals surface area contributed by atoms with Crippen LogP contribution in [0, 0.1) is 0 Å². The Kier molecular flexibility index (Phi) is 6.74. The smallest absolute Gasteiger partial charge is 0.325 e. The molecule has 168 valence electrons. The molecule has 1 aromatic heterocycles. The van der Waals surface area contributed by atoms with Gasteiger partial charge in [0.05, 0.1) is 29.8 Å². The highest BCUT2D eigenvalue weighted by atomic mass is 32.2. The van der Waals surface area contributed by atoms with Crippen LogP contribution in [0.15, 0.2) is 76.7 Å². The number of carbonyl (C=O) groups excluding carboxylic acids is 2. The standard InChI is InChI=1S/C25H23N3O4S/c1-16(18-12-7-9-17-8-3-4-10-19(17)18)26-22(29)15-33-25-27-21-13-6-5-11-20(21)24(31)28(25)14-23(30)32-2/h3-13,16H,14-15H2,1-2H3,(H,26,29)/t16-/m1/s1. The molecular weight excluding hydrogens is 438 g/mol. The van der Waals surface area contributed by atoms with Crippen LogP contribution in [0.2, 0.25) is 0 Å². The number of hydrogen-bond donors (Lipinski definition) is 1. The molecule has 0 bridgehead atoms. The first-order valence-corrected chi connectivity index (χ1v) is 11.4. The minimum Gasteiger partial charge on any atom is -0.468 e. The van der Waals surface area contributed by atoms with Crippen molar-refractivity contribution in [3.05, 3.63) is 82.6 Å². The number of esters is 1. The van der Waals surface area contributed by atoms with E-state index in [1.807, 2.05) is 49.4 Å². The van der Waals surface area contributed by atoms with Gasteiger partial charge in [-0.05, 0) is 35.4 Å². The van der Waals surface area contributed by atoms with Gasteiger partial charge >= 0.3 is 5.97 Å². The van der Waals surface area contributed by atoms with Crippen LogP contribution >= 0.6 is 11.8 Å². The van der Waals surface area contributed by atoms with E-state index in [4.69, 9.17) is 4.74 Å². The summed E-state index contributed by atoms with van der Waals surface area (Å²) in [4.78, 5) is 42.1. The molecule has 3 aromatic carbocycles. The maximum atomic E-state index is 12.9. The lowest BCUT2D eigenvalue weighted by atomic mass is 10.00. The van der Waals surface area contributed by atoms with Crippen molar-refractivity contribution >= 4 is 45.3 Å². The summed E-state index contributed by atoms with van der Waals surface area (Å²) in [7, 11) is 1.26. The van der Waals surface area contributed by atoms with Crippen LogP contribution in [0.5, 0.6) is 0 Å². The molecule has 0 fully saturated rings. The van der Waals surface area contributed by atoms with E-state index >= 15 is 0 Å². The molecule has 0 spiro atoms. The van der Waals surface area contributed by atoms with Crippen LogP contribution in [-0.2, 0) is 20.9 Å². The Balaban J connectivity index is 1.54. The zero-order valence-corrected chi connectivity index (χ0v) is 19.1. The predicted octanol–water partition coefficient (Wildman–Crippen LogP) is 3.69. The Morgan fingerprint density at radius 3 is 2.52 bits per heavy atom. The lowest BCUT2D eigenvalue weighted by molar-refractivity contribution is -0.141. The molecular formula is C25H23N3O4S. The second kappa shape index (κ2) is 9.87. The number of nitrogens with zero attached hydrogens (tertiary/aromatic N) is 2. The monoisotopic (exact) mass is 461 g/mol. The molecule has 7 nitrogen and oxygen atoms in total. The number of rotatable bonds is 7. The van der Waals surface area contributed by atoms with Crippen molar-refractivity contribution in [1.29, 1.82) is 0 Å². The number of para-hydroxylation sites is 1. The summed E-state index contributed by atoms with van der Waals surface area (Å²) in [6.45, 7) is 1.66. The number of ether oxygens (including phenoxy) is 1. The van der Waals surface area contributed by atoms with Gasteiger partial charge in [-0.2, -0.15) is 0 Å². The van der Waals surface area contributed by atoms with Crippen LogP contribution < -0.4 is 10.9 Å². The maximum absolute atomic E-state index is 12.9. The number of hydrogen-bond acceptors (Lipinski definition) is 6. The zero-order chi connectivity index (χ0) is 23.4. The Labute approximate surface area is 194 Å². The van der Waals surface area contributed by atoms with Crippen LogP contribution in [0.4, 0.5) is 0 Å². The molecule has 1 N–H and O–H groups in total. The first kappa shape index (κ1) is 22.5. The third kappa shape index (κ3) is 4.90. The number of nitrogens with one attached hydrogen (secondary N) is 1. The fraction of sp³-hybridized carbons (Fsp3) is 0.200. The van der Waals surface area contributed by atoms with Crippen LogP contribution in [0.1, 0.15) is 18.5 Å². The fourth-order valence-electron chi connectivity index (χ4n) is 3.71. The number of aromatic nitrogens is 2. The summed E-state index contributed by atoms with van der Waals surface area (Å²) in [6, 6.07) is 20.7. The SMILES string of the molecule is COC(=O)Cn1c(SCC(=O)N[C@H](C)c2cccc3ccccc23)nc2ccccc2c1=O. The lowest BCUT2D eigenvalue weighted by Crippen LogP contribution is -2.30. The van der Waals surface area contributed by atoms with Gasteiger partial charge < -0.3 is 10.1 Å². The fourth-order valence-corrected chi connectivity index (χ4v) is 4.52. The number of thioether (sulfide) groups is 1. The van der Waals surface area contributed by atoms with E-state index in [1.54, 1.807) is 24.3 Å². The molecule has 33 heavy (non-hydrogen) atoms. The molecule has 0 aliphatic carbocycles. The van der Waals surface area contributed by atoms with Crippen molar-refractivity contribution in [2.45, 2.75) is 24.7 Å². The maximum Gasteiger partial charge on any atom is 0.325 e. The van der Waals surface area contributed by atoms with Crippen LogP contribution in [0.25, 0.3) is 21.7 Å². The summed E-state index contributed by atoms with van der Waals surface area (Å²) in [5.41, 5.74) is 1.19. The third-order valence-electron chi connectivity index (χ3n) is 5.34. The largest absolute Gasteiger partial charge is 0.468 e. The number of fused-ring (bicyclic) bond motifs is 2. The van der Waals surface area contributed by atoms with E-state index in [9.17, 15) is 14.4 Å². The van der Waals surface area contributed by atoms with Crippen molar-refractivity contribution < 1.29 is 14.3 Å². The quantitative estimate of drug-likeness (QED) is 0.256. The van der Waals surface area contributed by atoms with E-state index in [0.29, 0.717) is 10.9 Å². The molecule has 0 aliphatic rings. The van der Waals surface area contributed by atoms with Gasteiger partial charge in [0.25, 0.3) is 5.56 Å². The molecule has 0 saturated heterocycles. The third-order valence-corrected chi connectivity index (χ3v) is 6.32. The minimum atomic E-state index is -0.565. The van der Waals surface area contributed by atoms with Crippen molar-refractivity contribution in [3.63, 3.8) is 0 Å². The summed E-state index contributed by atoms with van der Waals surface area (Å²) >= 11 is 1.11. The minimum absolute atomic E-state index is 0.0427. The molecule has 0 radical (unpaired) electrons. The zero-order valence-electron chi connectivity index (χ0n) is 18.3. The first-order valence-electron chi connectivity index (χ1n) is 10.4. The van der Waals surface area contributed by atoms with Gasteiger partial charge in [0, 0.05) is 0 Å². The molecule has 0 saturated carbocycles. The summed E-state index contributed by atoms with van der Waals surface area (Å²) in [6.07, 6.45) is 0. The Morgan fingerprint density at radius 2 is 1.73 bits per heavy atom. The van der Waals surface area contributed by atoms with E-state index in [0.717, 1.165) is 28.1 Å². The normalized spacial score (nSPS) is 11.9. The molecule has 8 heteroatoms. The summed E-state index contributed by atoms with van der Waals surface area (Å²) < 4.78 is 5.97. The van der Waals surface area contributed by atoms with Crippen LogP contribution in [-0.4, -0.2) is 34.3 Å². The van der Waals surface area contributed by atoms with Gasteiger partial charge in [-0.25, -0.2) is 4.98 Å². The molecule has 0 unspecified atom stereocenters. The van der Waals surface area contributed by atoms with Gasteiger partial charge in [-0.3, -0.25) is 19.0 Å². The summed E-state index contributed by atoms with van der Waals surface area (Å²) in [5.74, 6) is -0.723. The van der Waals surface area contributed by atoms with E-state index < -0.39 is 5.97 Å². The van der Waals surface area contributed by atoms with Crippen molar-refractivity contribution in [3.8, 4) is 0 Å². The number of carbonyl (C=O) groups is 2. The van der Waals surface area contributed by atoms with E-state index in [1.165, 1.54) is 11.7 Å². The lowest BCUT2D eigenvalue weighted by Gasteiger charge is -2.17. The average molecular weight is 462 g/mol. The van der Waals surface area contributed by atoms with Gasteiger partial charge in [-0.15, -0.1) is 0 Å². The molecule has 1 heterocycles. The molecule has 1 amide bonds. The van der Waals surface area contributed by atoms with Crippen molar-refractivity contribution in [2.75, 3.05) is 12.9 Å². The second-order valence-corrected chi connectivity index (χ2v) is 8.47. The van der Waals surface area contributed by atoms with Crippen LogP contribution in [0.3, 0.4) is 0 Å². The topological polar surface area (TPSA) is 90.3 Å². The predicted molar refractivity (Wildman–Crippen MR) is 129 cm³/mol. The van der Waals surface area contributed by atoms with Gasteiger partial charge in [0.15, 0.2) is 5.16 Å². The van der Waals surface area contributed by atoms with Gasteiger partial charge in [0.2, 0.25) is 5.91 Å². The molecule has 1 atom stereocenters. The average Bonchev–Trinajstić information content (AvgIpc) is 2.84. The number of amides is 1. The van der Waals surface area contributed by atoms with Gasteiger partial charge in [-0.1, -0.05) is 66.4 Å². The molecule has 4 rings (SSSR count). The Hall–Kier alpha value is -3.65. The van der Waals surface area contributed by atoms with E-state index in [2.05, 4.69) is 10.3 Å². The molecule has 0 aliphatic heterocycles. The van der Waals surface area contributed by atoms with Crippen molar-refractivity contribution in [1.82, 2.24) is 14.9 Å². The Morgan fingerprint density at radius 1 is 1.03 bits per heavy atom. The second-order valence-electron chi connectivity index (χ2n) is 7.53. The van der Waals surface area contributed by atoms with Gasteiger partial charge in [0.1, 0.15) is 6.54 Å². The number of methoxy groups -OCH3 is 1. The number of benzene rings is 3. The van der Waals surface area contributed by atoms with E-state index in [-0.39, 0.29) is 35.0 Å². The van der Waals surface area contributed by atoms with Crippen molar-refractivity contribution in [2.24, 2.45) is 0 Å². The highest BCUT2D eigenvalue weighted by molar-refractivity contribution is 7.99. The highest BCUT2D eigenvalue weighted by Gasteiger charge is 2.17. The summed E-state index contributed by atoms with van der Waals surface area (Å²) in [5, 5.41) is 5.90. The highest BCUT2D eigenvalue weighted by Crippen LogP contribution is 2.24. The molecule has 4 aromatic rings. The first-order chi connectivity index (χ1) is 16.0.